The van der Waals surface area contributed by atoms with Crippen molar-refractivity contribution in [3.63, 3.8) is 0 Å². The first-order valence-corrected chi connectivity index (χ1v) is 7.03. The Kier molecular flexibility index (Phi) is 4.75. The molecule has 0 atom stereocenters. The van der Waals surface area contributed by atoms with Gasteiger partial charge in [0.2, 0.25) is 0 Å². The van der Waals surface area contributed by atoms with Crippen molar-refractivity contribution in [3.8, 4) is 0 Å². The van der Waals surface area contributed by atoms with E-state index in [2.05, 4.69) is 21.2 Å². The number of ketones is 1. The minimum absolute atomic E-state index is 0.267. The van der Waals surface area contributed by atoms with E-state index < -0.39 is 0 Å². The third kappa shape index (κ3) is 3.93. The maximum absolute atomic E-state index is 11.8. The zero-order valence-corrected chi connectivity index (χ0v) is 11.5. The summed E-state index contributed by atoms with van der Waals surface area (Å²) in [7, 11) is 0. The molecule has 0 amide bonds. The van der Waals surface area contributed by atoms with Crippen molar-refractivity contribution in [1.82, 2.24) is 5.32 Å². The number of hydrogen-bond acceptors (Lipinski definition) is 2. The Morgan fingerprint density at radius 1 is 1.29 bits per heavy atom. The predicted molar refractivity (Wildman–Crippen MR) is 73.1 cm³/mol. The van der Waals surface area contributed by atoms with Gasteiger partial charge in [0.15, 0.2) is 5.78 Å². The summed E-state index contributed by atoms with van der Waals surface area (Å²) in [6, 6.07) is 8.48. The van der Waals surface area contributed by atoms with E-state index in [-0.39, 0.29) is 5.78 Å². The highest BCUT2D eigenvalue weighted by Gasteiger charge is 2.15. The highest BCUT2D eigenvalue weighted by atomic mass is 79.9. The standard InChI is InChI=1S/C14H18BrNO/c15-14-8-4-1-5-11(14)9-13(17)10-16-12-6-2-3-7-12/h1,4-5,8,12,16H,2-3,6-7,9-10H2. The molecule has 92 valence electrons. The number of Topliss-reactive ketones (excluding diaryl/α,β-unsaturated/α-hetero) is 1. The normalized spacial score (nSPS) is 16.3. The maximum Gasteiger partial charge on any atom is 0.151 e. The van der Waals surface area contributed by atoms with Gasteiger partial charge < -0.3 is 5.32 Å². The van der Waals surface area contributed by atoms with Crippen LogP contribution in [0, 0.1) is 0 Å². The molecule has 1 aromatic rings. The molecule has 0 aromatic heterocycles. The van der Waals surface area contributed by atoms with Crippen LogP contribution in [0.3, 0.4) is 0 Å². The Morgan fingerprint density at radius 3 is 2.71 bits per heavy atom. The van der Waals surface area contributed by atoms with Crippen LogP contribution in [0.15, 0.2) is 28.7 Å². The first kappa shape index (κ1) is 12.8. The molecule has 2 rings (SSSR count). The fraction of sp³-hybridized carbons (Fsp3) is 0.500. The van der Waals surface area contributed by atoms with Crippen molar-refractivity contribution in [2.45, 2.75) is 38.1 Å². The van der Waals surface area contributed by atoms with Gasteiger partial charge in [0, 0.05) is 16.9 Å². The molecule has 1 fully saturated rings. The van der Waals surface area contributed by atoms with Crippen LogP contribution in [0.25, 0.3) is 0 Å². The number of carbonyl (C=O) groups excluding carboxylic acids is 1. The summed E-state index contributed by atoms with van der Waals surface area (Å²) in [4.78, 5) is 11.8. The molecule has 1 aliphatic rings. The second-order valence-corrected chi connectivity index (χ2v) is 5.52. The Bertz CT molecular complexity index is 386. The van der Waals surface area contributed by atoms with E-state index in [9.17, 15) is 4.79 Å². The molecule has 1 aromatic carbocycles. The lowest BCUT2D eigenvalue weighted by Crippen LogP contribution is -2.32. The summed E-state index contributed by atoms with van der Waals surface area (Å²) in [5, 5.41) is 3.36. The molecular formula is C14H18BrNO. The SMILES string of the molecule is O=C(CNC1CCCC1)Cc1ccccc1Br. The van der Waals surface area contributed by atoms with E-state index in [4.69, 9.17) is 0 Å². The van der Waals surface area contributed by atoms with Crippen molar-refractivity contribution in [3.05, 3.63) is 34.3 Å². The van der Waals surface area contributed by atoms with Crippen molar-refractivity contribution in [2.75, 3.05) is 6.54 Å². The summed E-state index contributed by atoms with van der Waals surface area (Å²) in [5.74, 6) is 0.267. The van der Waals surface area contributed by atoms with Crippen LogP contribution < -0.4 is 5.32 Å². The lowest BCUT2D eigenvalue weighted by molar-refractivity contribution is -0.117. The monoisotopic (exact) mass is 295 g/mol. The zero-order chi connectivity index (χ0) is 12.1. The molecule has 1 N–H and O–H groups in total. The van der Waals surface area contributed by atoms with Gasteiger partial charge in [0.25, 0.3) is 0 Å². The summed E-state index contributed by atoms with van der Waals surface area (Å²) < 4.78 is 1.02. The molecule has 0 unspecified atom stereocenters. The fourth-order valence-corrected chi connectivity index (χ4v) is 2.73. The summed E-state index contributed by atoms with van der Waals surface area (Å²) in [6.07, 6.45) is 5.57. The molecular weight excluding hydrogens is 278 g/mol. The third-order valence-electron chi connectivity index (χ3n) is 3.29. The van der Waals surface area contributed by atoms with Gasteiger partial charge in [0.05, 0.1) is 6.54 Å². The van der Waals surface area contributed by atoms with Crippen LogP contribution in [-0.2, 0) is 11.2 Å². The van der Waals surface area contributed by atoms with Crippen LogP contribution >= 0.6 is 15.9 Å². The minimum Gasteiger partial charge on any atom is -0.307 e. The maximum atomic E-state index is 11.8. The Labute approximate surface area is 111 Å². The van der Waals surface area contributed by atoms with Gasteiger partial charge >= 0.3 is 0 Å². The Morgan fingerprint density at radius 2 is 2.00 bits per heavy atom. The van der Waals surface area contributed by atoms with Crippen LogP contribution in [0.2, 0.25) is 0 Å². The van der Waals surface area contributed by atoms with Crippen LogP contribution in [0.1, 0.15) is 31.2 Å². The van der Waals surface area contributed by atoms with Crippen molar-refractivity contribution < 1.29 is 4.79 Å². The number of benzene rings is 1. The highest BCUT2D eigenvalue weighted by Crippen LogP contribution is 2.18. The van der Waals surface area contributed by atoms with E-state index in [1.54, 1.807) is 0 Å². The number of nitrogens with one attached hydrogen (secondary N) is 1. The van der Waals surface area contributed by atoms with Gasteiger partial charge in [-0.3, -0.25) is 4.79 Å². The van der Waals surface area contributed by atoms with E-state index in [1.165, 1.54) is 25.7 Å². The van der Waals surface area contributed by atoms with E-state index in [0.717, 1.165) is 10.0 Å². The van der Waals surface area contributed by atoms with Crippen molar-refractivity contribution in [2.24, 2.45) is 0 Å². The molecule has 1 saturated carbocycles. The number of rotatable bonds is 5. The van der Waals surface area contributed by atoms with Gasteiger partial charge in [-0.15, -0.1) is 0 Å². The molecule has 3 heteroatoms. The smallest absolute Gasteiger partial charge is 0.151 e. The fourth-order valence-electron chi connectivity index (χ4n) is 2.30. The molecule has 0 heterocycles. The van der Waals surface area contributed by atoms with Crippen LogP contribution in [-0.4, -0.2) is 18.4 Å². The molecule has 1 aliphatic carbocycles. The zero-order valence-electron chi connectivity index (χ0n) is 9.92. The summed E-state index contributed by atoms with van der Waals surface area (Å²) >= 11 is 3.47. The van der Waals surface area contributed by atoms with Crippen molar-refractivity contribution >= 4 is 21.7 Å². The quantitative estimate of drug-likeness (QED) is 0.904. The summed E-state index contributed by atoms with van der Waals surface area (Å²) in [5.41, 5.74) is 1.07. The van der Waals surface area contributed by atoms with Gasteiger partial charge in [-0.05, 0) is 24.5 Å². The topological polar surface area (TPSA) is 29.1 Å². The molecule has 0 bridgehead atoms. The number of hydrogen-bond donors (Lipinski definition) is 1. The Balaban J connectivity index is 1.79. The average molecular weight is 296 g/mol. The van der Waals surface area contributed by atoms with Gasteiger partial charge in [0.1, 0.15) is 0 Å². The van der Waals surface area contributed by atoms with Crippen LogP contribution in [0.5, 0.6) is 0 Å². The number of halogens is 1. The second kappa shape index (κ2) is 6.31. The third-order valence-corrected chi connectivity index (χ3v) is 4.06. The predicted octanol–water partition coefficient (Wildman–Crippen LogP) is 3.09. The van der Waals surface area contributed by atoms with Gasteiger partial charge in [-0.1, -0.05) is 47.0 Å². The van der Waals surface area contributed by atoms with Gasteiger partial charge in [-0.25, -0.2) is 0 Å². The largest absolute Gasteiger partial charge is 0.307 e. The van der Waals surface area contributed by atoms with Crippen LogP contribution in [0.4, 0.5) is 0 Å². The average Bonchev–Trinajstić information content (AvgIpc) is 2.82. The van der Waals surface area contributed by atoms with E-state index >= 15 is 0 Å². The van der Waals surface area contributed by atoms with Gasteiger partial charge in [-0.2, -0.15) is 0 Å². The molecule has 0 radical (unpaired) electrons. The first-order valence-electron chi connectivity index (χ1n) is 6.24. The second-order valence-electron chi connectivity index (χ2n) is 4.67. The molecule has 2 nitrogen and oxygen atoms in total. The Hall–Kier alpha value is -0.670. The lowest BCUT2D eigenvalue weighted by Gasteiger charge is -2.11. The first-order chi connectivity index (χ1) is 8.25. The lowest BCUT2D eigenvalue weighted by atomic mass is 10.1. The minimum atomic E-state index is 0.267. The van der Waals surface area contributed by atoms with Crippen molar-refractivity contribution in [1.29, 1.82) is 0 Å². The van der Waals surface area contributed by atoms with E-state index in [1.807, 2.05) is 24.3 Å². The molecule has 0 saturated heterocycles. The molecule has 17 heavy (non-hydrogen) atoms. The van der Waals surface area contributed by atoms with E-state index in [0.29, 0.717) is 19.0 Å². The number of carbonyl (C=O) groups is 1. The molecule has 0 aliphatic heterocycles. The summed E-state index contributed by atoms with van der Waals surface area (Å²) in [6.45, 7) is 0.506. The highest BCUT2D eigenvalue weighted by molar-refractivity contribution is 9.10. The molecule has 0 spiro atoms.